The quantitative estimate of drug-likeness (QED) is 0.385. The maximum Gasteiger partial charge on any atom is 0.269 e. The highest BCUT2D eigenvalue weighted by atomic mass is 35.5. The third-order valence-corrected chi connectivity index (χ3v) is 3.70. The van der Waals surface area contributed by atoms with E-state index in [-0.39, 0.29) is 29.5 Å². The molecule has 0 amide bonds. The number of thiophene rings is 1. The molecule has 1 aromatic carbocycles. The molecule has 98 valence electrons. The van der Waals surface area contributed by atoms with Crippen molar-refractivity contribution < 1.29 is 7.26 Å². The van der Waals surface area contributed by atoms with Crippen LogP contribution in [-0.2, 0) is 0 Å². The molecule has 3 aromatic rings. The van der Waals surface area contributed by atoms with Gasteiger partial charge in [-0.05, 0) is 17.0 Å². The van der Waals surface area contributed by atoms with Crippen LogP contribution in [0.2, 0.25) is 5.02 Å². The smallest absolute Gasteiger partial charge is 0.269 e. The highest BCUT2D eigenvalue weighted by Crippen LogP contribution is 2.33. The van der Waals surface area contributed by atoms with Crippen molar-refractivity contribution in [2.45, 2.75) is 0 Å². The van der Waals surface area contributed by atoms with Gasteiger partial charge in [-0.1, -0.05) is 46.1 Å². The second kappa shape index (κ2) is 5.34. The first-order chi connectivity index (χ1) is 10.6. The predicted octanol–water partition coefficient (Wildman–Crippen LogP) is 5.06. The van der Waals surface area contributed by atoms with Gasteiger partial charge in [-0.25, -0.2) is 0 Å². The number of hydrogen-bond donors (Lipinski definition) is 0. The second-order valence-electron chi connectivity index (χ2n) is 3.59. The van der Waals surface area contributed by atoms with Crippen molar-refractivity contribution in [3.63, 3.8) is 0 Å². The summed E-state index contributed by atoms with van der Waals surface area (Å²) in [6.07, 6.45) is 0. The Bertz CT molecular complexity index is 880. The van der Waals surface area contributed by atoms with E-state index in [1.165, 1.54) is 23.5 Å². The number of aromatic nitrogens is 2. The molecule has 0 spiro atoms. The highest BCUT2D eigenvalue weighted by molar-refractivity contribution is 7.14. The Morgan fingerprint density at radius 1 is 1.40 bits per heavy atom. The van der Waals surface area contributed by atoms with Gasteiger partial charge < -0.3 is 4.52 Å². The van der Waals surface area contributed by atoms with Gasteiger partial charge in [-0.2, -0.15) is 4.98 Å². The van der Waals surface area contributed by atoms with E-state index in [0.717, 1.165) is 0 Å². The van der Waals surface area contributed by atoms with Gasteiger partial charge in [0, 0.05) is 16.2 Å². The maximum absolute atomic E-state index is 8.43. The Morgan fingerprint density at radius 3 is 2.85 bits per heavy atom. The Labute approximate surface area is 125 Å². The van der Waals surface area contributed by atoms with E-state index in [9.17, 15) is 0 Å². The van der Waals surface area contributed by atoms with Crippen LogP contribution in [0.1, 0.15) is 2.74 Å². The van der Waals surface area contributed by atoms with Crippen molar-refractivity contribution in [1.29, 1.82) is 0 Å². The highest BCUT2D eigenvalue weighted by Gasteiger charge is 2.14. The fourth-order valence-electron chi connectivity index (χ4n) is 1.49. The van der Waals surface area contributed by atoms with Crippen LogP contribution in [0.3, 0.4) is 0 Å². The predicted molar refractivity (Wildman–Crippen MR) is 76.9 cm³/mol. The van der Waals surface area contributed by atoms with Crippen LogP contribution < -0.4 is 0 Å². The molecule has 0 aliphatic rings. The molecule has 20 heavy (non-hydrogen) atoms. The number of hydrogen-bond acceptors (Lipinski definition) is 5. The third-order valence-electron chi connectivity index (χ3n) is 2.37. The largest absolute Gasteiger partial charge is 0.333 e. The molecule has 2 aromatic heterocycles. The number of halogens is 1. The summed E-state index contributed by atoms with van der Waals surface area (Å²) in [6, 6.07) is 4.38. The molecule has 0 saturated carbocycles. The van der Waals surface area contributed by atoms with Crippen molar-refractivity contribution in [3.8, 4) is 22.2 Å². The summed E-state index contributed by atoms with van der Waals surface area (Å²) in [5.74, 6) is 0.501. The Kier molecular flexibility index (Phi) is 2.79. The summed E-state index contributed by atoms with van der Waals surface area (Å²) >= 11 is 7.38. The molecule has 0 saturated heterocycles. The van der Waals surface area contributed by atoms with Crippen LogP contribution in [-0.4, -0.2) is 10.1 Å². The van der Waals surface area contributed by atoms with Crippen LogP contribution in [0.5, 0.6) is 0 Å². The summed E-state index contributed by atoms with van der Waals surface area (Å²) in [5, 5.41) is 9.48. The standard InChI is InChI=1S/C12H6ClN5OS/c13-9-5-6-20-10(9)12-15-11(17-19-12)7-1-3-8(4-2-7)16-18-14/h1-6H/i3T,4T. The zero-order chi connectivity index (χ0) is 15.7. The minimum atomic E-state index is -0.0826. The van der Waals surface area contributed by atoms with E-state index in [1.54, 1.807) is 11.4 Å². The Morgan fingerprint density at radius 2 is 2.20 bits per heavy atom. The lowest BCUT2D eigenvalue weighted by atomic mass is 10.2. The minimum absolute atomic E-state index is 0.0451. The van der Waals surface area contributed by atoms with E-state index in [4.69, 9.17) is 24.4 Å². The van der Waals surface area contributed by atoms with E-state index >= 15 is 0 Å². The molecular weight excluding hydrogens is 298 g/mol. The average molecular weight is 308 g/mol. The van der Waals surface area contributed by atoms with Gasteiger partial charge in [0.15, 0.2) is 0 Å². The fourth-order valence-corrected chi connectivity index (χ4v) is 2.54. The van der Waals surface area contributed by atoms with E-state index < -0.39 is 0 Å². The zero-order valence-corrected chi connectivity index (χ0v) is 11.3. The van der Waals surface area contributed by atoms with Gasteiger partial charge in [0.25, 0.3) is 5.89 Å². The molecule has 0 radical (unpaired) electrons. The summed E-state index contributed by atoms with van der Waals surface area (Å²) in [4.78, 5) is 7.48. The normalized spacial score (nSPS) is 11.7. The average Bonchev–Trinajstić information content (AvgIpc) is 3.11. The number of azide groups is 1. The van der Waals surface area contributed by atoms with Gasteiger partial charge in [-0.3, -0.25) is 0 Å². The molecule has 0 aliphatic carbocycles. The van der Waals surface area contributed by atoms with Gasteiger partial charge in [0.05, 0.1) is 7.76 Å². The Balaban J connectivity index is 2.04. The molecule has 0 N–H and O–H groups in total. The SMILES string of the molecule is [3H]c1cc(-c2noc(-c3sccc3Cl)n2)cc([3H])c1N=[N+]=[N-]. The van der Waals surface area contributed by atoms with Crippen molar-refractivity contribution in [2.75, 3.05) is 0 Å². The van der Waals surface area contributed by atoms with Crippen LogP contribution in [0.15, 0.2) is 45.3 Å². The van der Waals surface area contributed by atoms with Crippen LogP contribution in [0.25, 0.3) is 32.6 Å². The van der Waals surface area contributed by atoms with Crippen molar-refractivity contribution in [3.05, 3.63) is 51.1 Å². The molecule has 3 rings (SSSR count). The summed E-state index contributed by atoms with van der Waals surface area (Å²) in [6.45, 7) is 0. The van der Waals surface area contributed by atoms with Crippen molar-refractivity contribution in [2.24, 2.45) is 5.11 Å². The molecule has 0 atom stereocenters. The summed E-state index contributed by atoms with van der Waals surface area (Å²) < 4.78 is 20.8. The molecule has 0 aliphatic heterocycles. The lowest BCUT2D eigenvalue weighted by Gasteiger charge is -1.94. The molecule has 2 heterocycles. The van der Waals surface area contributed by atoms with E-state index in [2.05, 4.69) is 20.2 Å². The van der Waals surface area contributed by atoms with Crippen LogP contribution in [0, 0.1) is 0 Å². The molecular formula is C12H6ClN5OS. The zero-order valence-electron chi connectivity index (χ0n) is 11.7. The molecule has 0 unspecified atom stereocenters. The van der Waals surface area contributed by atoms with Crippen molar-refractivity contribution in [1.82, 2.24) is 10.1 Å². The van der Waals surface area contributed by atoms with Crippen LogP contribution in [0.4, 0.5) is 5.69 Å². The van der Waals surface area contributed by atoms with Crippen LogP contribution >= 0.6 is 22.9 Å². The first-order valence-corrected chi connectivity index (χ1v) is 6.59. The third kappa shape index (κ3) is 2.37. The van der Waals surface area contributed by atoms with Gasteiger partial charge in [0.1, 0.15) is 4.88 Å². The number of rotatable bonds is 3. The second-order valence-corrected chi connectivity index (χ2v) is 4.91. The molecule has 8 heteroatoms. The maximum atomic E-state index is 8.43. The van der Waals surface area contributed by atoms with E-state index in [1.807, 2.05) is 0 Å². The monoisotopic (exact) mass is 307 g/mol. The molecule has 0 bridgehead atoms. The lowest BCUT2D eigenvalue weighted by molar-refractivity contribution is 0.433. The topological polar surface area (TPSA) is 87.7 Å². The lowest BCUT2D eigenvalue weighted by Crippen LogP contribution is -1.79. The molecule has 6 nitrogen and oxygen atoms in total. The summed E-state index contributed by atoms with van der Waals surface area (Å²) in [5.41, 5.74) is 8.81. The number of nitrogens with zero attached hydrogens (tertiary/aromatic N) is 5. The van der Waals surface area contributed by atoms with Gasteiger partial charge >= 0.3 is 0 Å². The Hall–Kier alpha value is -2.34. The van der Waals surface area contributed by atoms with Crippen molar-refractivity contribution >= 4 is 28.6 Å². The number of benzene rings is 1. The van der Waals surface area contributed by atoms with E-state index in [0.29, 0.717) is 15.5 Å². The molecule has 0 fully saturated rings. The minimum Gasteiger partial charge on any atom is -0.333 e. The first-order valence-electron chi connectivity index (χ1n) is 6.34. The van der Waals surface area contributed by atoms with Gasteiger partial charge in [0.2, 0.25) is 5.82 Å². The fraction of sp³-hybridized carbons (Fsp3) is 0. The summed E-state index contributed by atoms with van der Waals surface area (Å²) in [7, 11) is 0. The van der Waals surface area contributed by atoms with Gasteiger partial charge in [-0.15, -0.1) is 11.3 Å². The first kappa shape index (κ1) is 10.4.